The molecule has 0 spiro atoms. The van der Waals surface area contributed by atoms with E-state index in [1.54, 1.807) is 7.11 Å². The van der Waals surface area contributed by atoms with Crippen LogP contribution >= 0.6 is 0 Å². The fourth-order valence-corrected chi connectivity index (χ4v) is 1.88. The first-order valence-corrected chi connectivity index (χ1v) is 4.10. The van der Waals surface area contributed by atoms with Crippen molar-refractivity contribution in [1.82, 2.24) is 0 Å². The highest BCUT2D eigenvalue weighted by molar-refractivity contribution is 4.95. The van der Waals surface area contributed by atoms with E-state index < -0.39 is 0 Å². The van der Waals surface area contributed by atoms with E-state index >= 15 is 0 Å². The molecule has 0 saturated carbocycles. The van der Waals surface area contributed by atoms with E-state index in [1.807, 2.05) is 0 Å². The van der Waals surface area contributed by atoms with Crippen molar-refractivity contribution in [2.45, 2.75) is 51.4 Å². The molecule has 1 fully saturated rings. The highest BCUT2D eigenvalue weighted by Gasteiger charge is 2.45. The lowest BCUT2D eigenvalue weighted by Gasteiger charge is -2.26. The zero-order valence-corrected chi connectivity index (χ0v) is 8.10. The molecule has 1 rings (SSSR count). The van der Waals surface area contributed by atoms with Gasteiger partial charge in [-0.25, -0.2) is 0 Å². The summed E-state index contributed by atoms with van der Waals surface area (Å²) in [5.41, 5.74) is -0.150. The fraction of sp³-hybridized carbons (Fsp3) is 1.00. The predicted molar refractivity (Wildman–Crippen MR) is 44.7 cm³/mol. The molecule has 11 heavy (non-hydrogen) atoms. The van der Waals surface area contributed by atoms with Crippen molar-refractivity contribution < 1.29 is 9.47 Å². The molecule has 0 aromatic heterocycles. The second kappa shape index (κ2) is 2.46. The van der Waals surface area contributed by atoms with Crippen LogP contribution in [0.5, 0.6) is 0 Å². The molecule has 0 amide bonds. The maximum atomic E-state index is 5.81. The Morgan fingerprint density at radius 2 is 1.82 bits per heavy atom. The van der Waals surface area contributed by atoms with Gasteiger partial charge in [0.1, 0.15) is 0 Å². The summed E-state index contributed by atoms with van der Waals surface area (Å²) in [4.78, 5) is 0. The summed E-state index contributed by atoms with van der Waals surface area (Å²) in [6.45, 7) is 8.37. The van der Waals surface area contributed by atoms with Crippen LogP contribution in [-0.2, 0) is 9.47 Å². The first kappa shape index (κ1) is 9.01. The predicted octanol–water partition coefficient (Wildman–Crippen LogP) is 1.98. The standard InChI is InChI=1S/C9H18O2/c1-8(2)6-7(10-5)9(3,4)11-8/h7H,6H2,1-5H3. The van der Waals surface area contributed by atoms with Gasteiger partial charge in [-0.05, 0) is 27.7 Å². The monoisotopic (exact) mass is 158 g/mol. The third kappa shape index (κ3) is 1.74. The van der Waals surface area contributed by atoms with E-state index in [-0.39, 0.29) is 17.3 Å². The van der Waals surface area contributed by atoms with E-state index in [2.05, 4.69) is 27.7 Å². The summed E-state index contributed by atoms with van der Waals surface area (Å²) in [7, 11) is 1.75. The smallest absolute Gasteiger partial charge is 0.0895 e. The lowest BCUT2D eigenvalue weighted by Crippen LogP contribution is -2.33. The maximum absolute atomic E-state index is 5.81. The first-order valence-electron chi connectivity index (χ1n) is 4.10. The number of ether oxygens (including phenoxy) is 2. The Morgan fingerprint density at radius 1 is 1.27 bits per heavy atom. The molecule has 1 aliphatic rings. The molecular formula is C9H18O2. The Labute approximate surface area is 68.9 Å². The molecule has 0 aliphatic carbocycles. The topological polar surface area (TPSA) is 18.5 Å². The second-order valence-corrected chi connectivity index (χ2v) is 4.39. The summed E-state index contributed by atoms with van der Waals surface area (Å²) >= 11 is 0. The van der Waals surface area contributed by atoms with Gasteiger partial charge in [0.05, 0.1) is 17.3 Å². The zero-order valence-electron chi connectivity index (χ0n) is 8.10. The molecule has 0 aromatic rings. The van der Waals surface area contributed by atoms with Gasteiger partial charge in [-0.3, -0.25) is 0 Å². The average molecular weight is 158 g/mol. The molecule has 0 aromatic carbocycles. The van der Waals surface area contributed by atoms with Crippen LogP contribution in [0.4, 0.5) is 0 Å². The molecule has 0 radical (unpaired) electrons. The van der Waals surface area contributed by atoms with E-state index in [0.717, 1.165) is 6.42 Å². The summed E-state index contributed by atoms with van der Waals surface area (Å²) in [5, 5.41) is 0. The third-order valence-corrected chi connectivity index (χ3v) is 2.28. The van der Waals surface area contributed by atoms with Gasteiger partial charge in [0.15, 0.2) is 0 Å². The van der Waals surface area contributed by atoms with Gasteiger partial charge >= 0.3 is 0 Å². The van der Waals surface area contributed by atoms with E-state index in [0.29, 0.717) is 0 Å². The Kier molecular flexibility index (Phi) is 2.01. The molecule has 2 nitrogen and oxygen atoms in total. The molecule has 1 aliphatic heterocycles. The Bertz CT molecular complexity index is 150. The van der Waals surface area contributed by atoms with Crippen LogP contribution in [-0.4, -0.2) is 24.4 Å². The lowest BCUT2D eigenvalue weighted by molar-refractivity contribution is -0.0955. The largest absolute Gasteiger partial charge is 0.378 e. The van der Waals surface area contributed by atoms with Crippen LogP contribution in [0.3, 0.4) is 0 Å². The van der Waals surface area contributed by atoms with Gasteiger partial charge in [0, 0.05) is 13.5 Å². The first-order chi connectivity index (χ1) is 4.87. The lowest BCUT2D eigenvalue weighted by atomic mass is 9.97. The maximum Gasteiger partial charge on any atom is 0.0895 e. The van der Waals surface area contributed by atoms with Gasteiger partial charge in [-0.15, -0.1) is 0 Å². The van der Waals surface area contributed by atoms with Crippen molar-refractivity contribution in [2.75, 3.05) is 7.11 Å². The summed E-state index contributed by atoms with van der Waals surface area (Å²) in [6.07, 6.45) is 1.22. The van der Waals surface area contributed by atoms with E-state index in [9.17, 15) is 0 Å². The van der Waals surface area contributed by atoms with E-state index in [1.165, 1.54) is 0 Å². The summed E-state index contributed by atoms with van der Waals surface area (Å²) < 4.78 is 11.2. The number of hydrogen-bond donors (Lipinski definition) is 0. The highest BCUT2D eigenvalue weighted by Crippen LogP contribution is 2.38. The minimum atomic E-state index is -0.127. The molecule has 1 atom stereocenters. The molecule has 1 saturated heterocycles. The molecule has 0 bridgehead atoms. The highest BCUT2D eigenvalue weighted by atomic mass is 16.6. The fourth-order valence-electron chi connectivity index (χ4n) is 1.88. The molecule has 1 unspecified atom stereocenters. The molecular weight excluding hydrogens is 140 g/mol. The number of rotatable bonds is 1. The average Bonchev–Trinajstić information content (AvgIpc) is 1.99. The second-order valence-electron chi connectivity index (χ2n) is 4.39. The molecule has 0 N–H and O–H groups in total. The van der Waals surface area contributed by atoms with Crippen LogP contribution in [0.25, 0.3) is 0 Å². The molecule has 2 heteroatoms. The van der Waals surface area contributed by atoms with Crippen molar-refractivity contribution in [3.05, 3.63) is 0 Å². The van der Waals surface area contributed by atoms with Gasteiger partial charge < -0.3 is 9.47 Å². The molecule has 66 valence electrons. The van der Waals surface area contributed by atoms with Gasteiger partial charge in [-0.2, -0.15) is 0 Å². The van der Waals surface area contributed by atoms with Crippen molar-refractivity contribution in [2.24, 2.45) is 0 Å². The van der Waals surface area contributed by atoms with Crippen LogP contribution in [0.15, 0.2) is 0 Å². The Hall–Kier alpha value is -0.0800. The van der Waals surface area contributed by atoms with Crippen LogP contribution < -0.4 is 0 Å². The van der Waals surface area contributed by atoms with Gasteiger partial charge in [0.25, 0.3) is 0 Å². The summed E-state index contributed by atoms with van der Waals surface area (Å²) in [6, 6.07) is 0. The van der Waals surface area contributed by atoms with Crippen LogP contribution in [0.1, 0.15) is 34.1 Å². The molecule has 1 heterocycles. The minimum absolute atomic E-state index is 0.0236. The Balaban J connectivity index is 2.71. The van der Waals surface area contributed by atoms with Crippen molar-refractivity contribution in [1.29, 1.82) is 0 Å². The quantitative estimate of drug-likeness (QED) is 0.581. The zero-order chi connectivity index (χ0) is 8.70. The van der Waals surface area contributed by atoms with E-state index in [4.69, 9.17) is 9.47 Å². The number of hydrogen-bond acceptors (Lipinski definition) is 2. The minimum Gasteiger partial charge on any atom is -0.378 e. The number of methoxy groups -OCH3 is 1. The summed E-state index contributed by atoms with van der Waals surface area (Å²) in [5.74, 6) is 0. The van der Waals surface area contributed by atoms with Crippen molar-refractivity contribution in [3.63, 3.8) is 0 Å². The van der Waals surface area contributed by atoms with Crippen LogP contribution in [0, 0.1) is 0 Å². The third-order valence-electron chi connectivity index (χ3n) is 2.28. The van der Waals surface area contributed by atoms with Crippen molar-refractivity contribution >= 4 is 0 Å². The van der Waals surface area contributed by atoms with Gasteiger partial charge in [0.2, 0.25) is 0 Å². The normalized spacial score (nSPS) is 34.1. The van der Waals surface area contributed by atoms with Crippen LogP contribution in [0.2, 0.25) is 0 Å². The SMILES string of the molecule is COC1CC(C)(C)OC1(C)C. The van der Waals surface area contributed by atoms with Gasteiger partial charge in [-0.1, -0.05) is 0 Å². The van der Waals surface area contributed by atoms with Crippen molar-refractivity contribution in [3.8, 4) is 0 Å². The Morgan fingerprint density at radius 3 is 2.00 bits per heavy atom.